The average molecular weight is 300 g/mol. The molecular weight excluding hydrogens is 271 g/mol. The number of hydrogen-bond acceptors (Lipinski definition) is 0. The second-order valence-corrected chi connectivity index (χ2v) is 6.90. The van der Waals surface area contributed by atoms with Crippen LogP contribution < -0.4 is 0 Å². The molecule has 0 bridgehead atoms. The van der Waals surface area contributed by atoms with E-state index in [1.165, 1.54) is 30.4 Å². The minimum absolute atomic E-state index is 0.0380. The molecule has 1 aromatic carbocycles. The Morgan fingerprint density at radius 1 is 1.27 bits per heavy atom. The lowest BCUT2D eigenvalue weighted by molar-refractivity contribution is 0.459. The molecule has 0 radical (unpaired) electrons. The molecule has 0 aliphatic heterocycles. The van der Waals surface area contributed by atoms with Crippen LogP contribution in [0.4, 0.5) is 4.39 Å². The molecule has 1 aliphatic carbocycles. The fraction of sp³-hybridized carbons (Fsp3) is 0.524. The van der Waals surface area contributed by atoms with Gasteiger partial charge in [-0.1, -0.05) is 29.4 Å². The second-order valence-electron chi connectivity index (χ2n) is 6.90. The summed E-state index contributed by atoms with van der Waals surface area (Å²) < 4.78 is 14.2. The number of rotatable bonds is 4. The van der Waals surface area contributed by atoms with E-state index in [0.29, 0.717) is 0 Å². The summed E-state index contributed by atoms with van der Waals surface area (Å²) >= 11 is 0. The van der Waals surface area contributed by atoms with Crippen LogP contribution in [-0.4, -0.2) is 0 Å². The minimum Gasteiger partial charge on any atom is -0.207 e. The summed E-state index contributed by atoms with van der Waals surface area (Å²) in [6, 6.07) is 3.76. The highest BCUT2D eigenvalue weighted by Crippen LogP contribution is 2.30. The Kier molecular flexibility index (Phi) is 5.99. The Morgan fingerprint density at radius 3 is 2.73 bits per heavy atom. The van der Waals surface area contributed by atoms with E-state index in [1.54, 1.807) is 6.07 Å². The highest BCUT2D eigenvalue weighted by Gasteiger charge is 2.16. The first kappa shape index (κ1) is 17.0. The van der Waals surface area contributed by atoms with E-state index < -0.39 is 0 Å². The molecule has 0 fully saturated rings. The average Bonchev–Trinajstić information content (AvgIpc) is 2.68. The molecule has 0 saturated heterocycles. The Hall–Kier alpha value is -1.37. The summed E-state index contributed by atoms with van der Waals surface area (Å²) in [7, 11) is 0. The van der Waals surface area contributed by atoms with Crippen LogP contribution >= 0.6 is 0 Å². The van der Waals surface area contributed by atoms with Crippen LogP contribution in [0.2, 0.25) is 0 Å². The lowest BCUT2D eigenvalue weighted by Crippen LogP contribution is -2.01. The fourth-order valence-corrected chi connectivity index (χ4v) is 3.49. The second kappa shape index (κ2) is 7.76. The molecule has 0 nitrogen and oxygen atoms in total. The SMILES string of the molecule is C/C=C(\C)CC1CCC=C(Cc2c(C)cc(C)cc2F)CC1. The Balaban J connectivity index is 2.02. The predicted molar refractivity (Wildman–Crippen MR) is 93.7 cm³/mol. The highest BCUT2D eigenvalue weighted by atomic mass is 19.1. The maximum atomic E-state index is 14.2. The van der Waals surface area contributed by atoms with Crippen LogP contribution in [0.15, 0.2) is 35.4 Å². The largest absolute Gasteiger partial charge is 0.207 e. The Morgan fingerprint density at radius 2 is 2.05 bits per heavy atom. The number of benzene rings is 1. The van der Waals surface area contributed by atoms with Crippen molar-refractivity contribution in [1.82, 2.24) is 0 Å². The summed E-state index contributed by atoms with van der Waals surface area (Å²) in [6.45, 7) is 8.34. The van der Waals surface area contributed by atoms with E-state index in [9.17, 15) is 4.39 Å². The molecule has 0 spiro atoms. The van der Waals surface area contributed by atoms with Crippen molar-refractivity contribution < 1.29 is 4.39 Å². The zero-order valence-electron chi connectivity index (χ0n) is 14.5. The van der Waals surface area contributed by atoms with E-state index in [4.69, 9.17) is 0 Å². The van der Waals surface area contributed by atoms with Gasteiger partial charge >= 0.3 is 0 Å². The fourth-order valence-electron chi connectivity index (χ4n) is 3.49. The van der Waals surface area contributed by atoms with Gasteiger partial charge in [0.15, 0.2) is 0 Å². The summed E-state index contributed by atoms with van der Waals surface area (Å²) in [5, 5.41) is 0. The van der Waals surface area contributed by atoms with Crippen molar-refractivity contribution in [3.8, 4) is 0 Å². The lowest BCUT2D eigenvalue weighted by atomic mass is 9.91. The molecule has 120 valence electrons. The number of allylic oxidation sites excluding steroid dienone is 4. The van der Waals surface area contributed by atoms with Crippen molar-refractivity contribution in [2.24, 2.45) is 5.92 Å². The van der Waals surface area contributed by atoms with E-state index in [-0.39, 0.29) is 5.82 Å². The molecule has 2 rings (SSSR count). The molecule has 1 atom stereocenters. The third kappa shape index (κ3) is 4.56. The zero-order chi connectivity index (χ0) is 16.1. The van der Waals surface area contributed by atoms with Gasteiger partial charge in [0.05, 0.1) is 0 Å². The van der Waals surface area contributed by atoms with Crippen molar-refractivity contribution in [2.75, 3.05) is 0 Å². The lowest BCUT2D eigenvalue weighted by Gasteiger charge is -2.15. The van der Waals surface area contributed by atoms with Crippen molar-refractivity contribution in [3.05, 3.63) is 57.9 Å². The van der Waals surface area contributed by atoms with Crippen LogP contribution in [-0.2, 0) is 6.42 Å². The van der Waals surface area contributed by atoms with Gasteiger partial charge in [-0.2, -0.15) is 0 Å². The van der Waals surface area contributed by atoms with E-state index in [1.807, 2.05) is 13.8 Å². The third-order valence-electron chi connectivity index (χ3n) is 4.95. The first-order valence-electron chi connectivity index (χ1n) is 8.55. The van der Waals surface area contributed by atoms with Gasteiger partial charge in [-0.3, -0.25) is 0 Å². The molecule has 0 N–H and O–H groups in total. The van der Waals surface area contributed by atoms with Crippen LogP contribution in [0.5, 0.6) is 0 Å². The summed E-state index contributed by atoms with van der Waals surface area (Å²) in [6.07, 6.45) is 11.4. The van der Waals surface area contributed by atoms with E-state index in [0.717, 1.165) is 41.9 Å². The van der Waals surface area contributed by atoms with Gasteiger partial charge < -0.3 is 0 Å². The van der Waals surface area contributed by atoms with Gasteiger partial charge in [-0.05, 0) is 94.9 Å². The van der Waals surface area contributed by atoms with Crippen LogP contribution in [0, 0.1) is 25.6 Å². The molecular formula is C21H29F. The molecule has 22 heavy (non-hydrogen) atoms. The summed E-state index contributed by atoms with van der Waals surface area (Å²) in [4.78, 5) is 0. The molecule has 0 heterocycles. The third-order valence-corrected chi connectivity index (χ3v) is 4.95. The van der Waals surface area contributed by atoms with E-state index >= 15 is 0 Å². The van der Waals surface area contributed by atoms with Gasteiger partial charge in [0.1, 0.15) is 5.82 Å². The van der Waals surface area contributed by atoms with Crippen LogP contribution in [0.25, 0.3) is 0 Å². The minimum atomic E-state index is -0.0380. The molecule has 0 amide bonds. The normalized spacial score (nSPS) is 19.8. The zero-order valence-corrected chi connectivity index (χ0v) is 14.5. The van der Waals surface area contributed by atoms with Gasteiger partial charge in [-0.15, -0.1) is 0 Å². The first-order valence-corrected chi connectivity index (χ1v) is 8.55. The van der Waals surface area contributed by atoms with Gasteiger partial charge in [-0.25, -0.2) is 4.39 Å². The van der Waals surface area contributed by atoms with Crippen LogP contribution in [0.3, 0.4) is 0 Å². The van der Waals surface area contributed by atoms with Crippen molar-refractivity contribution in [2.45, 2.75) is 66.2 Å². The Bertz CT molecular complexity index is 555. The molecule has 0 aromatic heterocycles. The quantitative estimate of drug-likeness (QED) is 0.560. The summed E-state index contributed by atoms with van der Waals surface area (Å²) in [5.41, 5.74) is 5.90. The highest BCUT2D eigenvalue weighted by molar-refractivity contribution is 5.35. The molecule has 1 unspecified atom stereocenters. The molecule has 0 saturated carbocycles. The topological polar surface area (TPSA) is 0 Å². The standard InChI is InChI=1S/C21H29F/c1-5-15(2)12-18-7-6-8-19(10-9-18)14-20-17(4)11-16(3)13-21(20)22/h5,8,11,13,18H,6-7,9-10,12,14H2,1-4H3/b15-5+. The van der Waals surface area contributed by atoms with Gasteiger partial charge in [0.25, 0.3) is 0 Å². The number of halogens is 1. The predicted octanol–water partition coefficient (Wildman–Crippen LogP) is 6.46. The van der Waals surface area contributed by atoms with Crippen LogP contribution in [0.1, 0.15) is 62.6 Å². The Labute approximate surface area is 135 Å². The van der Waals surface area contributed by atoms with Gasteiger partial charge in [0, 0.05) is 0 Å². The monoisotopic (exact) mass is 300 g/mol. The maximum absolute atomic E-state index is 14.2. The number of aryl methyl sites for hydroxylation is 2. The van der Waals surface area contributed by atoms with Crippen molar-refractivity contribution in [1.29, 1.82) is 0 Å². The van der Waals surface area contributed by atoms with Crippen molar-refractivity contribution in [3.63, 3.8) is 0 Å². The van der Waals surface area contributed by atoms with Crippen molar-refractivity contribution >= 4 is 0 Å². The van der Waals surface area contributed by atoms with Gasteiger partial charge in [0.2, 0.25) is 0 Å². The number of hydrogen-bond donors (Lipinski definition) is 0. The molecule has 1 aromatic rings. The maximum Gasteiger partial charge on any atom is 0.127 e. The molecule has 1 heteroatoms. The van der Waals surface area contributed by atoms with E-state index in [2.05, 4.69) is 32.1 Å². The molecule has 1 aliphatic rings. The first-order chi connectivity index (χ1) is 10.5. The smallest absolute Gasteiger partial charge is 0.127 e. The summed E-state index contributed by atoms with van der Waals surface area (Å²) in [5.74, 6) is 0.748.